The Hall–Kier alpha value is -1.88. The van der Waals surface area contributed by atoms with Crippen molar-refractivity contribution in [3.63, 3.8) is 0 Å². The normalized spacial score (nSPS) is 31.4. The van der Waals surface area contributed by atoms with Crippen LogP contribution < -0.4 is 4.72 Å². The van der Waals surface area contributed by atoms with Crippen LogP contribution in [-0.2, 0) is 16.7 Å². The van der Waals surface area contributed by atoms with Gasteiger partial charge in [0.25, 0.3) is 0 Å². The highest BCUT2D eigenvalue weighted by molar-refractivity contribution is 7.87. The van der Waals surface area contributed by atoms with Crippen LogP contribution in [0.2, 0.25) is 0 Å². The number of allylic oxidation sites excluding steroid dienone is 2. The molecule has 212 valence electrons. The van der Waals surface area contributed by atoms with Crippen LogP contribution in [0.25, 0.3) is 0 Å². The monoisotopic (exact) mass is 557 g/mol. The fourth-order valence-electron chi connectivity index (χ4n) is 7.57. The van der Waals surface area contributed by atoms with E-state index in [0.717, 1.165) is 56.9 Å². The van der Waals surface area contributed by atoms with Crippen molar-refractivity contribution in [3.8, 4) is 0 Å². The summed E-state index contributed by atoms with van der Waals surface area (Å²) in [6.45, 7) is 2.20. The zero-order valence-corrected chi connectivity index (χ0v) is 22.5. The number of aliphatic hydroxyl groups excluding tert-OH is 2. The molecule has 1 aromatic carbocycles. The first-order valence-electron chi connectivity index (χ1n) is 13.5. The Morgan fingerprint density at radius 1 is 1.16 bits per heavy atom. The summed E-state index contributed by atoms with van der Waals surface area (Å²) in [5.41, 5.74) is 2.29. The quantitative estimate of drug-likeness (QED) is 0.151. The average molecular weight is 558 g/mol. The number of halogens is 3. The summed E-state index contributed by atoms with van der Waals surface area (Å²) < 4.78 is 71.5. The molecule has 10 heteroatoms. The molecule has 38 heavy (non-hydrogen) atoms. The lowest BCUT2D eigenvalue weighted by Crippen LogP contribution is -2.50. The maximum absolute atomic E-state index is 13.1. The average Bonchev–Trinajstić information content (AvgIpc) is 3.16. The highest BCUT2D eigenvalue weighted by Gasteiger charge is 2.60. The van der Waals surface area contributed by atoms with Gasteiger partial charge in [-0.05, 0) is 104 Å². The van der Waals surface area contributed by atoms with Crippen molar-refractivity contribution in [1.82, 2.24) is 0 Å². The van der Waals surface area contributed by atoms with Crippen LogP contribution >= 0.6 is 0 Å². The van der Waals surface area contributed by atoms with E-state index < -0.39 is 28.3 Å². The summed E-state index contributed by atoms with van der Waals surface area (Å²) in [4.78, 5) is 0. The molecule has 0 spiro atoms. The first-order chi connectivity index (χ1) is 17.9. The molecule has 0 aromatic heterocycles. The molecule has 6 atom stereocenters. The molecule has 0 bridgehead atoms. The zero-order valence-electron chi connectivity index (χ0n) is 21.7. The van der Waals surface area contributed by atoms with Crippen molar-refractivity contribution in [2.24, 2.45) is 16.7 Å². The third-order valence-corrected chi connectivity index (χ3v) is 9.89. The van der Waals surface area contributed by atoms with E-state index in [-0.39, 0.29) is 29.3 Å². The van der Waals surface area contributed by atoms with Gasteiger partial charge in [-0.2, -0.15) is 17.2 Å². The van der Waals surface area contributed by atoms with Crippen LogP contribution in [0.3, 0.4) is 0 Å². The molecular formula is C28H38F3NO5S. The Kier molecular flexibility index (Phi) is 8.67. The molecule has 6 nitrogen and oxygen atoms in total. The second-order valence-corrected chi connectivity index (χ2v) is 12.7. The van der Waals surface area contributed by atoms with Gasteiger partial charge < -0.3 is 10.2 Å². The summed E-state index contributed by atoms with van der Waals surface area (Å²) in [6, 6.07) is 5.45. The molecule has 4 rings (SSSR count). The number of nitrogens with one attached hydrogen (secondary N) is 1. The van der Waals surface area contributed by atoms with E-state index in [1.165, 1.54) is 5.56 Å². The van der Waals surface area contributed by atoms with E-state index in [9.17, 15) is 36.4 Å². The Balaban J connectivity index is 1.49. The molecule has 3 aliphatic carbocycles. The van der Waals surface area contributed by atoms with Gasteiger partial charge in [0.1, 0.15) is 6.10 Å². The van der Waals surface area contributed by atoms with Crippen LogP contribution in [0.4, 0.5) is 18.9 Å². The lowest BCUT2D eigenvalue weighted by atomic mass is 9.47. The number of aryl methyl sites for hydroxylation is 1. The first kappa shape index (κ1) is 29.1. The molecule has 0 aliphatic heterocycles. The fourth-order valence-corrected chi connectivity index (χ4v) is 8.00. The number of fused-ring (bicyclic) bond motifs is 5. The summed E-state index contributed by atoms with van der Waals surface area (Å²) in [6.07, 6.45) is 7.79. The van der Waals surface area contributed by atoms with E-state index in [2.05, 4.69) is 23.8 Å². The predicted molar refractivity (Wildman–Crippen MR) is 140 cm³/mol. The van der Waals surface area contributed by atoms with Crippen LogP contribution in [0, 0.1) is 16.7 Å². The molecule has 1 aromatic rings. The van der Waals surface area contributed by atoms with Gasteiger partial charge >= 0.3 is 16.4 Å². The standard InChI is InChI=1S/C28H38F3NO5S/c1-27-15-13-21-20-9-8-19(32-38(35,36)37)17-18(20)12-16-28(21,23(27)10-11-24(27)34)14-6-4-2-3-5-7-22(33)25(29)26(30)31/h6,8-9,14,17,21-24,32-34H,2-5,7,10-13,15-16H2,1H3,(H,35,36,37)/t21?,22-,23?,24-,27-,28?/m0/s1. The molecule has 0 radical (unpaired) electrons. The summed E-state index contributed by atoms with van der Waals surface area (Å²) in [5, 5.41) is 20.4. The lowest BCUT2D eigenvalue weighted by molar-refractivity contribution is -0.0530. The van der Waals surface area contributed by atoms with Crippen molar-refractivity contribution in [3.05, 3.63) is 53.4 Å². The summed E-state index contributed by atoms with van der Waals surface area (Å²) >= 11 is 0. The van der Waals surface area contributed by atoms with Crippen molar-refractivity contribution in [2.45, 2.75) is 95.7 Å². The SMILES string of the molecule is C[C@]12CCC3c4ccc(NS(=O)(=O)O)cc4CCC3(C=CCCCCC[C@H](O)C(F)=C(F)F)C1CC[C@@H]2O. The number of anilines is 1. The van der Waals surface area contributed by atoms with E-state index in [4.69, 9.17) is 0 Å². The van der Waals surface area contributed by atoms with Crippen molar-refractivity contribution in [1.29, 1.82) is 0 Å². The van der Waals surface area contributed by atoms with Gasteiger partial charge in [-0.1, -0.05) is 38.0 Å². The van der Waals surface area contributed by atoms with Crippen molar-refractivity contribution >= 4 is 16.0 Å². The number of rotatable bonds is 10. The van der Waals surface area contributed by atoms with E-state index >= 15 is 0 Å². The molecule has 2 fully saturated rings. The van der Waals surface area contributed by atoms with Crippen LogP contribution in [0.15, 0.2) is 42.3 Å². The number of hydrogen-bond donors (Lipinski definition) is 4. The van der Waals surface area contributed by atoms with Gasteiger partial charge in [-0.3, -0.25) is 9.27 Å². The maximum atomic E-state index is 13.1. The fraction of sp³-hybridized carbons (Fsp3) is 0.643. The molecule has 2 saturated carbocycles. The number of aliphatic hydroxyl groups is 2. The third kappa shape index (κ3) is 5.83. The van der Waals surface area contributed by atoms with Crippen LogP contribution in [0.1, 0.15) is 88.2 Å². The van der Waals surface area contributed by atoms with Crippen LogP contribution in [0.5, 0.6) is 0 Å². The van der Waals surface area contributed by atoms with Crippen molar-refractivity contribution in [2.75, 3.05) is 4.72 Å². The Bertz CT molecular complexity index is 1180. The highest BCUT2D eigenvalue weighted by Crippen LogP contribution is 2.67. The van der Waals surface area contributed by atoms with Crippen LogP contribution in [-0.4, -0.2) is 35.4 Å². The van der Waals surface area contributed by atoms with Gasteiger partial charge in [0.15, 0.2) is 5.83 Å². The van der Waals surface area contributed by atoms with Gasteiger partial charge in [-0.15, -0.1) is 0 Å². The minimum Gasteiger partial charge on any atom is -0.393 e. The van der Waals surface area contributed by atoms with E-state index in [1.54, 1.807) is 12.1 Å². The second kappa shape index (κ2) is 11.3. The van der Waals surface area contributed by atoms with Gasteiger partial charge in [-0.25, -0.2) is 4.39 Å². The summed E-state index contributed by atoms with van der Waals surface area (Å²) in [5.74, 6) is -1.21. The molecule has 3 unspecified atom stereocenters. The van der Waals surface area contributed by atoms with E-state index in [0.29, 0.717) is 24.4 Å². The Morgan fingerprint density at radius 3 is 2.63 bits per heavy atom. The topological polar surface area (TPSA) is 107 Å². The zero-order chi connectivity index (χ0) is 27.7. The smallest absolute Gasteiger partial charge is 0.357 e. The third-order valence-electron chi connectivity index (χ3n) is 9.40. The number of unbranched alkanes of at least 4 members (excludes halogenated alkanes) is 3. The number of benzene rings is 1. The minimum absolute atomic E-state index is 0.0393. The molecule has 3 aliphatic rings. The largest absolute Gasteiger partial charge is 0.393 e. The van der Waals surface area contributed by atoms with Gasteiger partial charge in [0.2, 0.25) is 0 Å². The summed E-state index contributed by atoms with van der Waals surface area (Å²) in [7, 11) is -4.36. The van der Waals surface area contributed by atoms with Crippen molar-refractivity contribution < 1.29 is 36.4 Å². The Labute approximate surface area is 222 Å². The Morgan fingerprint density at radius 2 is 1.92 bits per heavy atom. The lowest BCUT2D eigenvalue weighted by Gasteiger charge is -2.57. The first-order valence-corrected chi connectivity index (χ1v) is 14.9. The molecule has 0 amide bonds. The minimum atomic E-state index is -4.36. The van der Waals surface area contributed by atoms with Gasteiger partial charge in [0, 0.05) is 0 Å². The molecule has 4 N–H and O–H groups in total. The number of hydrogen-bond acceptors (Lipinski definition) is 4. The van der Waals surface area contributed by atoms with E-state index in [1.807, 2.05) is 6.07 Å². The maximum Gasteiger partial charge on any atom is 0.357 e. The molecule has 0 saturated heterocycles. The second-order valence-electron chi connectivity index (χ2n) is 11.5. The highest BCUT2D eigenvalue weighted by atomic mass is 32.2. The predicted octanol–water partition coefficient (Wildman–Crippen LogP) is 6.43. The van der Waals surface area contributed by atoms with Gasteiger partial charge in [0.05, 0.1) is 11.8 Å². The molecule has 0 heterocycles. The molecular weight excluding hydrogens is 519 g/mol.